The fourth-order valence-electron chi connectivity index (χ4n) is 12.5. The smallest absolute Gasteiger partial charge is 0.297 e. The summed E-state index contributed by atoms with van der Waals surface area (Å²) in [7, 11) is -4.71. The van der Waals surface area contributed by atoms with Crippen LogP contribution in [0, 0.1) is 21.4 Å². The molecule has 1 amide bonds. The molecule has 3 saturated heterocycles. The second kappa shape index (κ2) is 19.1. The normalized spacial score (nSPS) is 25.4. The Balaban J connectivity index is 0.842. The fraction of sp³-hybridized carbons (Fsp3) is 0.519. The number of aliphatic hydroxyl groups is 1. The summed E-state index contributed by atoms with van der Waals surface area (Å²) < 4.78 is 49.6. The van der Waals surface area contributed by atoms with Crippen LogP contribution >= 0.6 is 0 Å². The maximum atomic E-state index is 14.4. The summed E-state index contributed by atoms with van der Waals surface area (Å²) in [4.78, 5) is 38.8. The lowest BCUT2D eigenvalue weighted by Gasteiger charge is -2.56. The summed E-state index contributed by atoms with van der Waals surface area (Å²) >= 11 is 0. The van der Waals surface area contributed by atoms with Crippen molar-refractivity contribution in [2.75, 3.05) is 49.5 Å². The van der Waals surface area contributed by atoms with Gasteiger partial charge in [-0.3, -0.25) is 19.8 Å². The van der Waals surface area contributed by atoms with Gasteiger partial charge in [-0.25, -0.2) is 13.1 Å². The lowest BCUT2D eigenvalue weighted by molar-refractivity contribution is -0.384. The van der Waals surface area contributed by atoms with Crippen LogP contribution in [-0.4, -0.2) is 102 Å². The number of hydrogen-bond donors (Lipinski definition) is 5. The van der Waals surface area contributed by atoms with Crippen molar-refractivity contribution in [3.63, 3.8) is 0 Å². The molecular formula is C54H66N8O9S. The molecule has 6 heterocycles. The number of fused-ring (bicyclic) bond motifs is 2. The van der Waals surface area contributed by atoms with Gasteiger partial charge in [-0.1, -0.05) is 38.1 Å². The molecule has 2 aliphatic carbocycles. The van der Waals surface area contributed by atoms with Crippen LogP contribution in [0.25, 0.3) is 11.0 Å². The highest BCUT2D eigenvalue weighted by molar-refractivity contribution is 7.90. The first kappa shape index (κ1) is 48.3. The minimum atomic E-state index is -4.71. The van der Waals surface area contributed by atoms with Gasteiger partial charge in [0.25, 0.3) is 27.5 Å². The van der Waals surface area contributed by atoms with Crippen LogP contribution in [0.5, 0.6) is 23.1 Å². The Labute approximate surface area is 420 Å². The Bertz CT molecular complexity index is 2960. The van der Waals surface area contributed by atoms with Crippen LogP contribution < -0.4 is 34.5 Å². The molecule has 0 unspecified atom stereocenters. The number of nitrogens with one attached hydrogen (secondary N) is 4. The molecule has 382 valence electrons. The van der Waals surface area contributed by atoms with E-state index in [1.54, 1.807) is 24.4 Å². The Hall–Kier alpha value is -5.95. The van der Waals surface area contributed by atoms with Gasteiger partial charge in [0.2, 0.25) is 0 Å². The zero-order chi connectivity index (χ0) is 49.9. The SMILES string of the molecule is CC(C)c1ccccc1[C@@H]1CCCN1C1CC2(CCN(c3ccc(C(=O)NS(=O)(=O)c4cc5c(c([N+](=O)[O-])c4)N[C@@H]([C@H]4CC[C@](C)(O)CC4)CO5)c(Oc4cc5cc[nH]c5nc4O[C@@H]4CCNC4)c3)CC2)C1. The molecule has 72 heavy (non-hydrogen) atoms. The van der Waals surface area contributed by atoms with E-state index in [9.17, 15) is 28.4 Å². The molecule has 3 aromatic carbocycles. The number of anilines is 2. The van der Waals surface area contributed by atoms with E-state index in [4.69, 9.17) is 19.2 Å². The van der Waals surface area contributed by atoms with Crippen molar-refractivity contribution in [2.24, 2.45) is 11.3 Å². The number of nitrogens with zero attached hydrogens (tertiary/aromatic N) is 4. The van der Waals surface area contributed by atoms with Crippen LogP contribution in [-0.2, 0) is 10.0 Å². The van der Waals surface area contributed by atoms with E-state index in [0.717, 1.165) is 62.6 Å². The maximum Gasteiger partial charge on any atom is 0.297 e. The monoisotopic (exact) mass is 1000 g/mol. The number of benzene rings is 3. The Morgan fingerprint density at radius 2 is 1.78 bits per heavy atom. The number of sulfonamides is 1. The number of ether oxygens (including phenoxy) is 3. The summed E-state index contributed by atoms with van der Waals surface area (Å²) in [5.74, 6) is 0.158. The van der Waals surface area contributed by atoms with Gasteiger partial charge in [0, 0.05) is 67.2 Å². The summed E-state index contributed by atoms with van der Waals surface area (Å²) in [6, 6.07) is 20.7. The molecule has 0 radical (unpaired) electrons. The minimum absolute atomic E-state index is 0.00418. The van der Waals surface area contributed by atoms with Crippen molar-refractivity contribution in [3.8, 4) is 23.1 Å². The average molecular weight is 1000 g/mol. The van der Waals surface area contributed by atoms with Crippen molar-refractivity contribution >= 4 is 44.0 Å². The van der Waals surface area contributed by atoms with E-state index < -0.39 is 37.0 Å². The van der Waals surface area contributed by atoms with Crippen molar-refractivity contribution in [2.45, 2.75) is 132 Å². The summed E-state index contributed by atoms with van der Waals surface area (Å²) in [6.07, 6.45) is 11.8. The van der Waals surface area contributed by atoms with Crippen molar-refractivity contribution in [1.82, 2.24) is 24.9 Å². The Kier molecular flexibility index (Phi) is 12.9. The van der Waals surface area contributed by atoms with Gasteiger partial charge in [-0.15, -0.1) is 0 Å². The summed E-state index contributed by atoms with van der Waals surface area (Å²) in [5, 5.41) is 30.3. The number of pyridine rings is 1. The van der Waals surface area contributed by atoms with Crippen molar-refractivity contribution in [3.05, 3.63) is 99.7 Å². The molecular weight excluding hydrogens is 937 g/mol. The first-order valence-corrected chi connectivity index (χ1v) is 27.4. The highest BCUT2D eigenvalue weighted by Gasteiger charge is 2.50. The number of H-pyrrole nitrogens is 1. The molecule has 2 aromatic heterocycles. The molecule has 6 aliphatic rings. The van der Waals surface area contributed by atoms with Gasteiger partial charge in [0.05, 0.1) is 27.0 Å². The van der Waals surface area contributed by atoms with E-state index >= 15 is 0 Å². The van der Waals surface area contributed by atoms with Gasteiger partial charge < -0.3 is 39.8 Å². The average Bonchev–Trinajstić information content (AvgIpc) is 4.16. The molecule has 11 rings (SSSR count). The first-order chi connectivity index (χ1) is 34.6. The molecule has 5 aromatic rings. The number of piperidine rings is 1. The van der Waals surface area contributed by atoms with Gasteiger partial charge in [-0.05, 0) is 143 Å². The summed E-state index contributed by atoms with van der Waals surface area (Å²) in [6.45, 7) is 10.7. The predicted molar refractivity (Wildman–Crippen MR) is 274 cm³/mol. The van der Waals surface area contributed by atoms with Gasteiger partial charge in [0.15, 0.2) is 17.2 Å². The fourth-order valence-corrected chi connectivity index (χ4v) is 13.5. The van der Waals surface area contributed by atoms with Crippen LogP contribution in [0.1, 0.15) is 125 Å². The molecule has 2 saturated carbocycles. The standard InChI is InChI=1S/C54H66N8O9S/c1-33(2)40-7-4-5-8-41(40)44-9-6-22-61(44)37-29-54(30-37)18-23-60(24-19-54)36-10-11-42(46(26-36)71-48-25-35-14-21-56-50(35)58-52(48)70-38-15-20-55-31-38)51(63)59-72(67,68)39-27-45(62(65)66)49-47(28-39)69-32-43(57-49)34-12-16-53(3,64)17-13-34/h4-5,7-8,10-11,14,21,25-28,33-34,37-38,43-44,55,57,64H,6,9,12-13,15-20,22-24,29-32H2,1-3H3,(H,56,58)(H,59,63)/t34-,38-,43-,44+,53-/m1/s1. The third kappa shape index (κ3) is 9.58. The third-order valence-corrected chi connectivity index (χ3v) is 18.0. The molecule has 5 fully saturated rings. The predicted octanol–water partition coefficient (Wildman–Crippen LogP) is 8.95. The number of aromatic amines is 1. The second-order valence-electron chi connectivity index (χ2n) is 21.9. The van der Waals surface area contributed by atoms with Gasteiger partial charge >= 0.3 is 0 Å². The second-order valence-corrected chi connectivity index (χ2v) is 23.5. The first-order valence-electron chi connectivity index (χ1n) is 25.9. The van der Waals surface area contributed by atoms with Crippen LogP contribution in [0.2, 0.25) is 0 Å². The van der Waals surface area contributed by atoms with E-state index in [0.29, 0.717) is 55.9 Å². The molecule has 0 bridgehead atoms. The molecule has 4 aliphatic heterocycles. The number of carbonyl (C=O) groups is 1. The van der Waals surface area contributed by atoms with E-state index in [1.165, 1.54) is 42.9 Å². The van der Waals surface area contributed by atoms with Crippen molar-refractivity contribution < 1.29 is 37.5 Å². The number of rotatable bonds is 13. The van der Waals surface area contributed by atoms with Crippen LogP contribution in [0.3, 0.4) is 0 Å². The number of nitro benzene ring substituents is 1. The number of aromatic nitrogens is 2. The van der Waals surface area contributed by atoms with Gasteiger partial charge in [0.1, 0.15) is 24.1 Å². The van der Waals surface area contributed by atoms with Crippen LogP contribution in [0.15, 0.2) is 77.8 Å². The molecule has 5 N–H and O–H groups in total. The number of likely N-dealkylation sites (tertiary alicyclic amines) is 1. The third-order valence-electron chi connectivity index (χ3n) is 16.7. The number of carbonyl (C=O) groups excluding carboxylic acids is 1. The zero-order valence-electron chi connectivity index (χ0n) is 41.3. The van der Waals surface area contributed by atoms with Crippen LogP contribution in [0.4, 0.5) is 17.1 Å². The lowest BCUT2D eigenvalue weighted by atomic mass is 9.59. The van der Waals surface area contributed by atoms with E-state index in [-0.39, 0.29) is 64.5 Å². The van der Waals surface area contributed by atoms with Crippen molar-refractivity contribution in [1.29, 1.82) is 0 Å². The largest absolute Gasteiger partial charge is 0.489 e. The minimum Gasteiger partial charge on any atom is -0.489 e. The molecule has 3 atom stereocenters. The maximum absolute atomic E-state index is 14.4. The van der Waals surface area contributed by atoms with Gasteiger partial charge in [-0.2, -0.15) is 4.98 Å². The zero-order valence-corrected chi connectivity index (χ0v) is 42.1. The quantitative estimate of drug-likeness (QED) is 0.0551. The molecule has 1 spiro atoms. The lowest BCUT2D eigenvalue weighted by Crippen LogP contribution is -2.54. The summed E-state index contributed by atoms with van der Waals surface area (Å²) in [5.41, 5.74) is 3.39. The molecule has 17 nitrogen and oxygen atoms in total. The number of nitro groups is 1. The Morgan fingerprint density at radius 3 is 2.53 bits per heavy atom. The van der Waals surface area contributed by atoms with E-state index in [1.807, 2.05) is 19.1 Å². The number of hydrogen-bond acceptors (Lipinski definition) is 14. The topological polar surface area (TPSA) is 214 Å². The molecule has 18 heteroatoms. The van der Waals surface area contributed by atoms with E-state index in [2.05, 4.69) is 68.3 Å². The number of amides is 1. The highest BCUT2D eigenvalue weighted by atomic mass is 32.2. The highest BCUT2D eigenvalue weighted by Crippen LogP contribution is 2.54. The Morgan fingerprint density at radius 1 is 0.986 bits per heavy atom.